The third-order valence-electron chi connectivity index (χ3n) is 4.90. The van der Waals surface area contributed by atoms with Crippen molar-refractivity contribution in [3.8, 4) is 23.0 Å². The van der Waals surface area contributed by atoms with E-state index >= 15 is 0 Å². The summed E-state index contributed by atoms with van der Waals surface area (Å²) >= 11 is 0. The van der Waals surface area contributed by atoms with E-state index < -0.39 is 0 Å². The van der Waals surface area contributed by atoms with Crippen molar-refractivity contribution in [1.82, 2.24) is 19.7 Å². The van der Waals surface area contributed by atoms with Crippen LogP contribution < -0.4 is 10.9 Å². The number of carbonyl (C=O) groups is 2. The Balaban J connectivity index is 0.000000968. The fourth-order valence-corrected chi connectivity index (χ4v) is 3.32. The van der Waals surface area contributed by atoms with Gasteiger partial charge in [0, 0.05) is 18.8 Å². The number of pyridine rings is 1. The van der Waals surface area contributed by atoms with E-state index in [1.165, 1.54) is 10.9 Å². The van der Waals surface area contributed by atoms with E-state index in [4.69, 9.17) is 19.9 Å². The van der Waals surface area contributed by atoms with Crippen LogP contribution in [0.4, 0.5) is 10.5 Å². The van der Waals surface area contributed by atoms with E-state index in [0.717, 1.165) is 5.56 Å². The number of H-pyrrole nitrogens is 1. The summed E-state index contributed by atoms with van der Waals surface area (Å²) in [5.74, 6) is 0.410. The molecule has 0 atom stereocenters. The Bertz CT molecular complexity index is 1200. The van der Waals surface area contributed by atoms with Crippen LogP contribution in [0.3, 0.4) is 0 Å². The number of nitrogens with one attached hydrogen (secondary N) is 2. The Morgan fingerprint density at radius 1 is 1.24 bits per heavy atom. The number of ether oxygens (including phenoxy) is 1. The number of aromatic amines is 1. The lowest BCUT2D eigenvalue weighted by Crippen LogP contribution is -2.43. The van der Waals surface area contributed by atoms with E-state index in [2.05, 4.69) is 21.5 Å². The molecule has 170 valence electrons. The number of hydrogen-bond donors (Lipinski definition) is 3. The molecule has 2 aromatic heterocycles. The fraction of sp³-hybridized carbons (Fsp3) is 0.227. The van der Waals surface area contributed by atoms with Crippen molar-refractivity contribution in [3.05, 3.63) is 64.2 Å². The molecule has 3 aromatic rings. The molecule has 3 N–H and O–H groups in total. The van der Waals surface area contributed by atoms with E-state index in [1.54, 1.807) is 41.3 Å². The average molecular weight is 450 g/mol. The van der Waals surface area contributed by atoms with Gasteiger partial charge in [0.1, 0.15) is 0 Å². The van der Waals surface area contributed by atoms with Gasteiger partial charge in [0.05, 0.1) is 42.3 Å². The van der Waals surface area contributed by atoms with Crippen LogP contribution in [-0.4, -0.2) is 63.6 Å². The zero-order valence-electron chi connectivity index (χ0n) is 17.8. The number of nitriles is 1. The lowest BCUT2D eigenvalue weighted by atomic mass is 10.1. The number of amides is 2. The SMILES string of the molecule is Cc1[nH]n(-c2ccc(NC(=O)N3CCOCC3)cn2)c(=O)c1-c1ccc(C#N)cc1.O=CO. The molecule has 1 saturated heterocycles. The molecule has 11 nitrogen and oxygen atoms in total. The molecule has 1 aromatic carbocycles. The summed E-state index contributed by atoms with van der Waals surface area (Å²) in [6.07, 6.45) is 1.51. The summed E-state index contributed by atoms with van der Waals surface area (Å²) in [5, 5.41) is 21.7. The van der Waals surface area contributed by atoms with Gasteiger partial charge in [0.25, 0.3) is 12.0 Å². The molecular formula is C22H22N6O5. The fourth-order valence-electron chi connectivity index (χ4n) is 3.32. The van der Waals surface area contributed by atoms with Crippen LogP contribution in [-0.2, 0) is 9.53 Å². The van der Waals surface area contributed by atoms with Gasteiger partial charge in [-0.1, -0.05) is 12.1 Å². The predicted molar refractivity (Wildman–Crippen MR) is 119 cm³/mol. The minimum Gasteiger partial charge on any atom is -0.483 e. The number of anilines is 1. The second-order valence-electron chi connectivity index (χ2n) is 6.98. The Hall–Kier alpha value is -4.43. The number of hydrogen-bond acceptors (Lipinski definition) is 6. The number of aromatic nitrogens is 3. The zero-order valence-corrected chi connectivity index (χ0v) is 17.8. The average Bonchev–Trinajstić information content (AvgIpc) is 3.14. The Morgan fingerprint density at radius 2 is 1.91 bits per heavy atom. The first kappa shape index (κ1) is 23.2. The van der Waals surface area contributed by atoms with E-state index in [1.807, 2.05) is 6.92 Å². The summed E-state index contributed by atoms with van der Waals surface area (Å²) in [4.78, 5) is 39.6. The van der Waals surface area contributed by atoms with Crippen molar-refractivity contribution in [2.45, 2.75) is 6.92 Å². The van der Waals surface area contributed by atoms with E-state index in [9.17, 15) is 9.59 Å². The number of urea groups is 1. The zero-order chi connectivity index (χ0) is 23.8. The molecule has 2 amide bonds. The molecule has 0 spiro atoms. The van der Waals surface area contributed by atoms with Crippen molar-refractivity contribution < 1.29 is 19.4 Å². The van der Waals surface area contributed by atoms with Crippen LogP contribution in [0.1, 0.15) is 11.3 Å². The molecule has 0 saturated carbocycles. The molecule has 0 radical (unpaired) electrons. The highest BCUT2D eigenvalue weighted by Crippen LogP contribution is 2.20. The first-order valence-corrected chi connectivity index (χ1v) is 9.98. The van der Waals surface area contributed by atoms with Crippen LogP contribution in [0, 0.1) is 18.3 Å². The topological polar surface area (TPSA) is 153 Å². The molecule has 11 heteroatoms. The summed E-state index contributed by atoms with van der Waals surface area (Å²) in [6.45, 7) is 3.71. The summed E-state index contributed by atoms with van der Waals surface area (Å²) < 4.78 is 6.60. The summed E-state index contributed by atoms with van der Waals surface area (Å²) in [5.41, 5.74) is 2.76. The molecule has 1 fully saturated rings. The van der Waals surface area contributed by atoms with Crippen molar-refractivity contribution in [1.29, 1.82) is 5.26 Å². The number of nitrogens with zero attached hydrogens (tertiary/aromatic N) is 4. The van der Waals surface area contributed by atoms with Crippen molar-refractivity contribution in [2.75, 3.05) is 31.6 Å². The molecule has 0 aliphatic carbocycles. The first-order valence-electron chi connectivity index (χ1n) is 9.98. The summed E-state index contributed by atoms with van der Waals surface area (Å²) in [7, 11) is 0. The van der Waals surface area contributed by atoms with Gasteiger partial charge >= 0.3 is 6.03 Å². The monoisotopic (exact) mass is 450 g/mol. The van der Waals surface area contributed by atoms with E-state index in [0.29, 0.717) is 54.6 Å². The largest absolute Gasteiger partial charge is 0.483 e. The molecular weight excluding hydrogens is 428 g/mol. The van der Waals surface area contributed by atoms with Gasteiger partial charge in [-0.05, 0) is 36.8 Å². The highest BCUT2D eigenvalue weighted by atomic mass is 16.5. The lowest BCUT2D eigenvalue weighted by Gasteiger charge is -2.26. The number of carboxylic acid groups (broad SMARTS) is 1. The lowest BCUT2D eigenvalue weighted by molar-refractivity contribution is -0.122. The number of aryl methyl sites for hydroxylation is 1. The maximum absolute atomic E-state index is 13.0. The second-order valence-corrected chi connectivity index (χ2v) is 6.98. The second kappa shape index (κ2) is 10.7. The molecule has 3 heterocycles. The van der Waals surface area contributed by atoms with Gasteiger partial charge in [-0.3, -0.25) is 14.7 Å². The molecule has 1 aliphatic heterocycles. The smallest absolute Gasteiger partial charge is 0.322 e. The molecule has 1 aliphatic rings. The van der Waals surface area contributed by atoms with Gasteiger partial charge < -0.3 is 20.1 Å². The van der Waals surface area contributed by atoms with E-state index in [-0.39, 0.29) is 18.1 Å². The predicted octanol–water partition coefficient (Wildman–Crippen LogP) is 1.97. The summed E-state index contributed by atoms with van der Waals surface area (Å²) in [6, 6.07) is 12.1. The van der Waals surface area contributed by atoms with Gasteiger partial charge in [0.2, 0.25) is 0 Å². The van der Waals surface area contributed by atoms with Crippen LogP contribution in [0.5, 0.6) is 0 Å². The first-order chi connectivity index (χ1) is 16.0. The molecule has 4 rings (SSSR count). The molecule has 33 heavy (non-hydrogen) atoms. The van der Waals surface area contributed by atoms with Gasteiger partial charge in [0.15, 0.2) is 5.82 Å². The third-order valence-corrected chi connectivity index (χ3v) is 4.90. The van der Waals surface area contributed by atoms with Crippen LogP contribution >= 0.6 is 0 Å². The minimum atomic E-state index is -0.250. The van der Waals surface area contributed by atoms with Crippen LogP contribution in [0.2, 0.25) is 0 Å². The van der Waals surface area contributed by atoms with Crippen molar-refractivity contribution in [2.24, 2.45) is 0 Å². The number of benzene rings is 1. The number of rotatable bonds is 3. The molecule has 0 unspecified atom stereocenters. The highest BCUT2D eigenvalue weighted by Gasteiger charge is 2.18. The minimum absolute atomic E-state index is 0.205. The number of carbonyl (C=O) groups excluding carboxylic acids is 1. The van der Waals surface area contributed by atoms with Crippen LogP contribution in [0.25, 0.3) is 16.9 Å². The van der Waals surface area contributed by atoms with Gasteiger partial charge in [-0.15, -0.1) is 0 Å². The quantitative estimate of drug-likeness (QED) is 0.516. The Morgan fingerprint density at radius 3 is 2.48 bits per heavy atom. The Labute approximate surface area is 188 Å². The third kappa shape index (κ3) is 5.44. The highest BCUT2D eigenvalue weighted by molar-refractivity contribution is 5.89. The maximum atomic E-state index is 13.0. The van der Waals surface area contributed by atoms with Crippen LogP contribution in [0.15, 0.2) is 47.4 Å². The normalized spacial score (nSPS) is 12.8. The Kier molecular flexibility index (Phi) is 7.56. The van der Waals surface area contributed by atoms with Crippen molar-refractivity contribution in [3.63, 3.8) is 0 Å². The van der Waals surface area contributed by atoms with Gasteiger partial charge in [-0.2, -0.15) is 5.26 Å². The number of morpholine rings is 1. The molecule has 0 bridgehead atoms. The standard InChI is InChI=1S/C21H20N6O3.CH2O2/c1-14-19(16-4-2-15(12-22)3-5-16)20(28)27(25-14)18-7-6-17(13-23-18)24-21(29)26-8-10-30-11-9-26;2-1-3/h2-7,13,25H,8-11H2,1H3,(H,24,29);1H,(H,2,3). The van der Waals surface area contributed by atoms with Gasteiger partial charge in [-0.25, -0.2) is 14.5 Å². The maximum Gasteiger partial charge on any atom is 0.322 e. The van der Waals surface area contributed by atoms with Crippen molar-refractivity contribution >= 4 is 18.2 Å².